The standard InChI is InChI=1S/C19H20ClN3OS/c1-14-22-17-5-2-3-6-18(17)23(14)12-4-11-21-19(24)13-25-16-9-7-15(20)8-10-16/h2-3,5-10H,4,11-13H2,1H3,(H,21,24). The summed E-state index contributed by atoms with van der Waals surface area (Å²) >= 11 is 7.37. The molecule has 130 valence electrons. The maximum absolute atomic E-state index is 11.9. The number of para-hydroxylation sites is 2. The highest BCUT2D eigenvalue weighted by Crippen LogP contribution is 2.20. The number of rotatable bonds is 7. The van der Waals surface area contributed by atoms with E-state index in [1.165, 1.54) is 11.8 Å². The van der Waals surface area contributed by atoms with Gasteiger partial charge in [0, 0.05) is 23.0 Å². The Hall–Kier alpha value is -1.98. The largest absolute Gasteiger partial charge is 0.355 e. The minimum Gasteiger partial charge on any atom is -0.355 e. The number of carbonyl (C=O) groups excluding carboxylic acids is 1. The zero-order chi connectivity index (χ0) is 17.6. The Kier molecular flexibility index (Phi) is 6.00. The highest BCUT2D eigenvalue weighted by atomic mass is 35.5. The molecule has 0 fully saturated rings. The maximum atomic E-state index is 11.9. The van der Waals surface area contributed by atoms with Crippen LogP contribution >= 0.6 is 23.4 Å². The molecule has 0 aliphatic rings. The fourth-order valence-corrected chi connectivity index (χ4v) is 3.53. The lowest BCUT2D eigenvalue weighted by Crippen LogP contribution is -2.26. The van der Waals surface area contributed by atoms with Crippen LogP contribution in [0.15, 0.2) is 53.4 Å². The van der Waals surface area contributed by atoms with Crippen molar-refractivity contribution in [3.05, 3.63) is 59.4 Å². The molecule has 25 heavy (non-hydrogen) atoms. The summed E-state index contributed by atoms with van der Waals surface area (Å²) in [6, 6.07) is 15.6. The molecule has 0 atom stereocenters. The number of nitrogens with one attached hydrogen (secondary N) is 1. The Morgan fingerprint density at radius 3 is 2.76 bits per heavy atom. The predicted molar refractivity (Wildman–Crippen MR) is 104 cm³/mol. The number of hydrogen-bond acceptors (Lipinski definition) is 3. The second kappa shape index (κ2) is 8.41. The van der Waals surface area contributed by atoms with E-state index in [0.717, 1.165) is 34.7 Å². The van der Waals surface area contributed by atoms with E-state index in [4.69, 9.17) is 11.6 Å². The minimum atomic E-state index is 0.0483. The van der Waals surface area contributed by atoms with Crippen molar-refractivity contribution in [3.8, 4) is 0 Å². The number of aryl methyl sites for hydroxylation is 2. The molecule has 0 saturated carbocycles. The maximum Gasteiger partial charge on any atom is 0.230 e. The third-order valence-electron chi connectivity index (χ3n) is 3.91. The van der Waals surface area contributed by atoms with E-state index in [2.05, 4.69) is 20.9 Å². The fourth-order valence-electron chi connectivity index (χ4n) is 2.67. The van der Waals surface area contributed by atoms with Crippen LogP contribution in [0.4, 0.5) is 0 Å². The predicted octanol–water partition coefficient (Wildman–Crippen LogP) is 4.30. The fraction of sp³-hybridized carbons (Fsp3) is 0.263. The first-order chi connectivity index (χ1) is 12.1. The Bertz CT molecular complexity index is 861. The van der Waals surface area contributed by atoms with Gasteiger partial charge in [-0.15, -0.1) is 11.8 Å². The number of halogens is 1. The van der Waals surface area contributed by atoms with E-state index in [-0.39, 0.29) is 5.91 Å². The number of carbonyl (C=O) groups is 1. The van der Waals surface area contributed by atoms with Gasteiger partial charge in [-0.25, -0.2) is 4.98 Å². The number of imidazole rings is 1. The van der Waals surface area contributed by atoms with Crippen LogP contribution in [0.3, 0.4) is 0 Å². The molecule has 0 saturated heterocycles. The summed E-state index contributed by atoms with van der Waals surface area (Å²) in [5.41, 5.74) is 2.16. The van der Waals surface area contributed by atoms with Crippen molar-refractivity contribution in [2.75, 3.05) is 12.3 Å². The summed E-state index contributed by atoms with van der Waals surface area (Å²) in [6.45, 7) is 3.52. The van der Waals surface area contributed by atoms with Crippen LogP contribution in [-0.4, -0.2) is 27.8 Å². The molecule has 1 N–H and O–H groups in total. The first-order valence-corrected chi connectivity index (χ1v) is 9.57. The van der Waals surface area contributed by atoms with Gasteiger partial charge in [0.1, 0.15) is 5.82 Å². The van der Waals surface area contributed by atoms with Gasteiger partial charge in [0.2, 0.25) is 5.91 Å². The molecule has 2 aromatic carbocycles. The summed E-state index contributed by atoms with van der Waals surface area (Å²) in [5, 5.41) is 3.68. The zero-order valence-corrected chi connectivity index (χ0v) is 15.6. The lowest BCUT2D eigenvalue weighted by atomic mass is 10.3. The highest BCUT2D eigenvalue weighted by Gasteiger charge is 2.07. The molecule has 0 radical (unpaired) electrons. The molecule has 1 heterocycles. The van der Waals surface area contributed by atoms with Crippen molar-refractivity contribution in [3.63, 3.8) is 0 Å². The number of benzene rings is 2. The van der Waals surface area contributed by atoms with Crippen LogP contribution in [0.1, 0.15) is 12.2 Å². The Labute approximate surface area is 156 Å². The van der Waals surface area contributed by atoms with E-state index in [1.54, 1.807) is 0 Å². The third kappa shape index (κ3) is 4.77. The van der Waals surface area contributed by atoms with Crippen LogP contribution in [0, 0.1) is 6.92 Å². The zero-order valence-electron chi connectivity index (χ0n) is 14.0. The van der Waals surface area contributed by atoms with Crippen LogP contribution in [-0.2, 0) is 11.3 Å². The lowest BCUT2D eigenvalue weighted by Gasteiger charge is -2.08. The normalized spacial score (nSPS) is 11.0. The summed E-state index contributed by atoms with van der Waals surface area (Å²) in [7, 11) is 0. The SMILES string of the molecule is Cc1nc2ccccc2n1CCCNC(=O)CSc1ccc(Cl)cc1. The van der Waals surface area contributed by atoms with Crippen molar-refractivity contribution in [2.24, 2.45) is 0 Å². The summed E-state index contributed by atoms with van der Waals surface area (Å²) < 4.78 is 2.20. The third-order valence-corrected chi connectivity index (χ3v) is 5.17. The van der Waals surface area contributed by atoms with Crippen LogP contribution in [0.5, 0.6) is 0 Å². The van der Waals surface area contributed by atoms with Crippen LogP contribution in [0.25, 0.3) is 11.0 Å². The van der Waals surface area contributed by atoms with Gasteiger partial charge in [-0.2, -0.15) is 0 Å². The summed E-state index contributed by atoms with van der Waals surface area (Å²) in [5.74, 6) is 1.47. The van der Waals surface area contributed by atoms with Crippen molar-refractivity contribution in [2.45, 2.75) is 24.8 Å². The number of aromatic nitrogens is 2. The number of amides is 1. The molecule has 0 spiro atoms. The minimum absolute atomic E-state index is 0.0483. The van der Waals surface area contributed by atoms with Gasteiger partial charge < -0.3 is 9.88 Å². The number of hydrogen-bond donors (Lipinski definition) is 1. The van der Waals surface area contributed by atoms with Gasteiger partial charge in [-0.1, -0.05) is 23.7 Å². The van der Waals surface area contributed by atoms with Crippen molar-refractivity contribution < 1.29 is 4.79 Å². The first-order valence-electron chi connectivity index (χ1n) is 8.20. The van der Waals surface area contributed by atoms with Gasteiger partial charge >= 0.3 is 0 Å². The average Bonchev–Trinajstić information content (AvgIpc) is 2.93. The monoisotopic (exact) mass is 373 g/mol. The van der Waals surface area contributed by atoms with E-state index >= 15 is 0 Å². The van der Waals surface area contributed by atoms with Gasteiger partial charge in [0.25, 0.3) is 0 Å². The van der Waals surface area contributed by atoms with E-state index in [0.29, 0.717) is 17.3 Å². The van der Waals surface area contributed by atoms with Gasteiger partial charge in [-0.3, -0.25) is 4.79 Å². The topological polar surface area (TPSA) is 46.9 Å². The highest BCUT2D eigenvalue weighted by molar-refractivity contribution is 8.00. The Balaban J connectivity index is 1.42. The first kappa shape index (κ1) is 17.8. The van der Waals surface area contributed by atoms with Gasteiger partial charge in [0.05, 0.1) is 16.8 Å². The van der Waals surface area contributed by atoms with E-state index in [9.17, 15) is 4.79 Å². The van der Waals surface area contributed by atoms with Crippen molar-refractivity contribution in [1.29, 1.82) is 0 Å². The van der Waals surface area contributed by atoms with Gasteiger partial charge in [0.15, 0.2) is 0 Å². The van der Waals surface area contributed by atoms with Crippen molar-refractivity contribution in [1.82, 2.24) is 14.9 Å². The molecule has 0 unspecified atom stereocenters. The molecule has 3 rings (SSSR count). The number of fused-ring (bicyclic) bond motifs is 1. The molecular weight excluding hydrogens is 354 g/mol. The number of nitrogens with zero attached hydrogens (tertiary/aromatic N) is 2. The van der Waals surface area contributed by atoms with Crippen LogP contribution in [0.2, 0.25) is 5.02 Å². The molecule has 4 nitrogen and oxygen atoms in total. The van der Waals surface area contributed by atoms with E-state index in [1.807, 2.05) is 49.4 Å². The second-order valence-electron chi connectivity index (χ2n) is 5.75. The molecular formula is C19H20ClN3OS. The molecule has 6 heteroatoms. The smallest absolute Gasteiger partial charge is 0.230 e. The molecule has 1 aromatic heterocycles. The molecule has 0 aliphatic heterocycles. The number of thioether (sulfide) groups is 1. The van der Waals surface area contributed by atoms with Crippen LogP contribution < -0.4 is 5.32 Å². The van der Waals surface area contributed by atoms with Gasteiger partial charge in [-0.05, 0) is 49.7 Å². The van der Waals surface area contributed by atoms with Crippen molar-refractivity contribution >= 4 is 40.3 Å². The second-order valence-corrected chi connectivity index (χ2v) is 7.23. The molecule has 3 aromatic rings. The summed E-state index contributed by atoms with van der Waals surface area (Å²) in [4.78, 5) is 17.5. The Morgan fingerprint density at radius 1 is 1.20 bits per heavy atom. The lowest BCUT2D eigenvalue weighted by molar-refractivity contribution is -0.118. The quantitative estimate of drug-likeness (QED) is 0.496. The molecule has 1 amide bonds. The Morgan fingerprint density at radius 2 is 1.96 bits per heavy atom. The average molecular weight is 374 g/mol. The molecule has 0 bridgehead atoms. The molecule has 0 aliphatic carbocycles. The van der Waals surface area contributed by atoms with E-state index < -0.39 is 0 Å². The summed E-state index contributed by atoms with van der Waals surface area (Å²) in [6.07, 6.45) is 0.874.